The van der Waals surface area contributed by atoms with Gasteiger partial charge in [-0.05, 0) is 32.6 Å². The maximum Gasteiger partial charge on any atom is 0.307 e. The summed E-state index contributed by atoms with van der Waals surface area (Å²) in [5.41, 5.74) is 0. The van der Waals surface area contributed by atoms with Crippen LogP contribution in [0.3, 0.4) is 0 Å². The highest BCUT2D eigenvalue weighted by molar-refractivity contribution is 7.89. The molecule has 104 valence electrons. The lowest BCUT2D eigenvalue weighted by molar-refractivity contribution is -0.141. The maximum atomic E-state index is 12.6. The number of rotatable bonds is 3. The number of piperidine rings is 1. The fourth-order valence-corrected chi connectivity index (χ4v) is 5.66. The fraction of sp³-hybridized carbons (Fsp3) is 0.917. The third kappa shape index (κ3) is 2.40. The van der Waals surface area contributed by atoms with Crippen LogP contribution >= 0.6 is 0 Å². The summed E-state index contributed by atoms with van der Waals surface area (Å²) in [6.45, 7) is 2.47. The van der Waals surface area contributed by atoms with E-state index in [0.29, 0.717) is 25.8 Å². The van der Waals surface area contributed by atoms with Crippen molar-refractivity contribution in [2.75, 3.05) is 6.54 Å². The molecule has 0 aromatic heterocycles. The summed E-state index contributed by atoms with van der Waals surface area (Å²) in [6.07, 6.45) is 4.49. The van der Waals surface area contributed by atoms with Gasteiger partial charge in [-0.15, -0.1) is 0 Å². The lowest BCUT2D eigenvalue weighted by atomic mass is 10.1. The molecule has 1 saturated heterocycles. The van der Waals surface area contributed by atoms with Crippen LogP contribution in [-0.4, -0.2) is 41.6 Å². The Balaban J connectivity index is 2.22. The van der Waals surface area contributed by atoms with E-state index >= 15 is 0 Å². The lowest BCUT2D eigenvalue weighted by Gasteiger charge is -2.35. The lowest BCUT2D eigenvalue weighted by Crippen LogP contribution is -2.48. The molecular formula is C12H21NO4S. The SMILES string of the molecule is CC1CCCCN1S(=O)(=O)C1CCCC1C(=O)O. The normalized spacial score (nSPS) is 34.6. The highest BCUT2D eigenvalue weighted by Gasteiger charge is 2.45. The van der Waals surface area contributed by atoms with Crippen molar-refractivity contribution in [2.24, 2.45) is 5.92 Å². The molecule has 6 heteroatoms. The molecule has 0 spiro atoms. The number of sulfonamides is 1. The van der Waals surface area contributed by atoms with E-state index in [1.807, 2.05) is 6.92 Å². The average Bonchev–Trinajstić information content (AvgIpc) is 2.78. The van der Waals surface area contributed by atoms with E-state index in [1.54, 1.807) is 4.31 Å². The standard InChI is InChI=1S/C12H21NO4S/c1-9-5-2-3-8-13(9)18(16,17)11-7-4-6-10(11)12(14)15/h9-11H,2-8H2,1H3,(H,14,15). The summed E-state index contributed by atoms with van der Waals surface area (Å²) in [6, 6.07) is 0.0128. The van der Waals surface area contributed by atoms with Crippen molar-refractivity contribution in [3.8, 4) is 0 Å². The van der Waals surface area contributed by atoms with Gasteiger partial charge in [0.25, 0.3) is 0 Å². The first-order chi connectivity index (χ1) is 8.44. The minimum absolute atomic E-state index is 0.0128. The van der Waals surface area contributed by atoms with Gasteiger partial charge in [0.15, 0.2) is 0 Å². The first-order valence-electron chi connectivity index (χ1n) is 6.68. The van der Waals surface area contributed by atoms with Gasteiger partial charge >= 0.3 is 5.97 Å². The van der Waals surface area contributed by atoms with Gasteiger partial charge in [-0.3, -0.25) is 4.79 Å². The van der Waals surface area contributed by atoms with Gasteiger partial charge in [0.1, 0.15) is 0 Å². The van der Waals surface area contributed by atoms with E-state index in [4.69, 9.17) is 5.11 Å². The van der Waals surface area contributed by atoms with Crippen LogP contribution in [0.5, 0.6) is 0 Å². The molecule has 1 aliphatic heterocycles. The fourth-order valence-electron chi connectivity index (χ4n) is 3.19. The van der Waals surface area contributed by atoms with E-state index in [1.165, 1.54) is 0 Å². The summed E-state index contributed by atoms with van der Waals surface area (Å²) in [7, 11) is -3.45. The van der Waals surface area contributed by atoms with Gasteiger partial charge in [0.05, 0.1) is 11.2 Å². The number of carboxylic acid groups (broad SMARTS) is 1. The van der Waals surface area contributed by atoms with E-state index in [2.05, 4.69) is 0 Å². The minimum Gasteiger partial charge on any atom is -0.481 e. The monoisotopic (exact) mass is 275 g/mol. The van der Waals surface area contributed by atoms with E-state index < -0.39 is 27.2 Å². The Labute approximate surface area is 108 Å². The highest BCUT2D eigenvalue weighted by Crippen LogP contribution is 2.35. The van der Waals surface area contributed by atoms with E-state index in [9.17, 15) is 13.2 Å². The molecule has 0 amide bonds. The molecule has 2 aliphatic rings. The predicted octanol–water partition coefficient (Wildman–Crippen LogP) is 1.44. The van der Waals surface area contributed by atoms with Crippen molar-refractivity contribution in [1.82, 2.24) is 4.31 Å². The Morgan fingerprint density at radius 3 is 2.50 bits per heavy atom. The molecule has 18 heavy (non-hydrogen) atoms. The Morgan fingerprint density at radius 1 is 1.17 bits per heavy atom. The van der Waals surface area contributed by atoms with Crippen LogP contribution in [0.15, 0.2) is 0 Å². The molecule has 0 radical (unpaired) electrons. The van der Waals surface area contributed by atoms with Crippen molar-refractivity contribution in [3.63, 3.8) is 0 Å². The van der Waals surface area contributed by atoms with Gasteiger partial charge < -0.3 is 5.11 Å². The zero-order chi connectivity index (χ0) is 13.3. The molecule has 3 unspecified atom stereocenters. The summed E-state index contributed by atoms with van der Waals surface area (Å²) < 4.78 is 26.7. The average molecular weight is 275 g/mol. The third-order valence-corrected chi connectivity index (χ3v) is 6.75. The van der Waals surface area contributed by atoms with Gasteiger partial charge in [-0.2, -0.15) is 4.31 Å². The largest absolute Gasteiger partial charge is 0.481 e. The first kappa shape index (κ1) is 13.8. The molecule has 0 aromatic carbocycles. The summed E-state index contributed by atoms with van der Waals surface area (Å²) in [5, 5.41) is 8.42. The van der Waals surface area contributed by atoms with Crippen LogP contribution in [-0.2, 0) is 14.8 Å². The smallest absolute Gasteiger partial charge is 0.307 e. The van der Waals surface area contributed by atoms with Crippen LogP contribution in [0.4, 0.5) is 0 Å². The number of carbonyl (C=O) groups is 1. The molecule has 1 saturated carbocycles. The van der Waals surface area contributed by atoms with E-state index in [0.717, 1.165) is 19.3 Å². The van der Waals surface area contributed by atoms with Gasteiger partial charge in [-0.1, -0.05) is 12.8 Å². The molecule has 0 aromatic rings. The topological polar surface area (TPSA) is 74.7 Å². The summed E-state index contributed by atoms with van der Waals surface area (Å²) in [5.74, 6) is -1.69. The summed E-state index contributed by atoms with van der Waals surface area (Å²) in [4.78, 5) is 11.1. The highest BCUT2D eigenvalue weighted by atomic mass is 32.2. The second kappa shape index (κ2) is 5.17. The van der Waals surface area contributed by atoms with E-state index in [-0.39, 0.29) is 6.04 Å². The Kier molecular flexibility index (Phi) is 3.96. The van der Waals surface area contributed by atoms with Crippen molar-refractivity contribution >= 4 is 16.0 Å². The maximum absolute atomic E-state index is 12.6. The molecule has 5 nitrogen and oxygen atoms in total. The molecule has 1 heterocycles. The van der Waals surface area contributed by atoms with Crippen molar-refractivity contribution < 1.29 is 18.3 Å². The van der Waals surface area contributed by atoms with Crippen LogP contribution in [0.1, 0.15) is 45.4 Å². The van der Waals surface area contributed by atoms with Crippen molar-refractivity contribution in [3.05, 3.63) is 0 Å². The molecular weight excluding hydrogens is 254 g/mol. The number of hydrogen-bond donors (Lipinski definition) is 1. The Bertz CT molecular complexity index is 420. The van der Waals surface area contributed by atoms with Gasteiger partial charge in [0.2, 0.25) is 10.0 Å². The van der Waals surface area contributed by atoms with Crippen LogP contribution < -0.4 is 0 Å². The van der Waals surface area contributed by atoms with Crippen LogP contribution in [0.2, 0.25) is 0 Å². The Hall–Kier alpha value is -0.620. The molecule has 1 aliphatic carbocycles. The minimum atomic E-state index is -3.45. The molecule has 3 atom stereocenters. The molecule has 1 N–H and O–H groups in total. The summed E-state index contributed by atoms with van der Waals surface area (Å²) >= 11 is 0. The Morgan fingerprint density at radius 2 is 1.89 bits per heavy atom. The molecule has 2 fully saturated rings. The zero-order valence-corrected chi connectivity index (χ0v) is 11.5. The van der Waals surface area contributed by atoms with Gasteiger partial charge in [0, 0.05) is 12.6 Å². The molecule has 0 bridgehead atoms. The van der Waals surface area contributed by atoms with Crippen LogP contribution in [0.25, 0.3) is 0 Å². The number of aliphatic carboxylic acids is 1. The first-order valence-corrected chi connectivity index (χ1v) is 8.18. The van der Waals surface area contributed by atoms with Crippen LogP contribution in [0, 0.1) is 5.92 Å². The molecule has 2 rings (SSSR count). The predicted molar refractivity (Wildman–Crippen MR) is 67.7 cm³/mol. The van der Waals surface area contributed by atoms with Crippen molar-refractivity contribution in [1.29, 1.82) is 0 Å². The second-order valence-corrected chi connectivity index (χ2v) is 7.52. The second-order valence-electron chi connectivity index (χ2n) is 5.41. The number of hydrogen-bond acceptors (Lipinski definition) is 3. The number of nitrogens with zero attached hydrogens (tertiary/aromatic N) is 1. The zero-order valence-electron chi connectivity index (χ0n) is 10.7. The quantitative estimate of drug-likeness (QED) is 0.845. The van der Waals surface area contributed by atoms with Crippen molar-refractivity contribution in [2.45, 2.75) is 56.7 Å². The number of carboxylic acids is 1. The third-order valence-electron chi connectivity index (χ3n) is 4.22. The van der Waals surface area contributed by atoms with Gasteiger partial charge in [-0.25, -0.2) is 8.42 Å².